The van der Waals surface area contributed by atoms with Gasteiger partial charge in [-0.3, -0.25) is 4.79 Å². The van der Waals surface area contributed by atoms with Gasteiger partial charge in [0.1, 0.15) is 5.75 Å². The standard InChI is InChI=1S/C12H12O2/c13-10-5-3-8-4-6-11-9(12(8)10)2-1-7-14-11/h4,6H,1-3,5,7H2. The molecule has 1 aromatic carbocycles. The number of hydrogen-bond acceptors (Lipinski definition) is 2. The number of benzene rings is 1. The first kappa shape index (κ1) is 8.04. The Bertz CT molecular complexity index is 407. The van der Waals surface area contributed by atoms with Gasteiger partial charge in [0, 0.05) is 17.5 Å². The second kappa shape index (κ2) is 2.84. The van der Waals surface area contributed by atoms with Gasteiger partial charge in [-0.1, -0.05) is 6.07 Å². The summed E-state index contributed by atoms with van der Waals surface area (Å²) in [5.41, 5.74) is 3.36. The number of Topliss-reactive ketones (excluding diaryl/α,β-unsaturated/α-hetero) is 1. The van der Waals surface area contributed by atoms with Gasteiger partial charge in [0.25, 0.3) is 0 Å². The number of fused-ring (bicyclic) bond motifs is 3. The van der Waals surface area contributed by atoms with Gasteiger partial charge < -0.3 is 4.74 Å². The van der Waals surface area contributed by atoms with Crippen LogP contribution in [0, 0.1) is 0 Å². The average Bonchev–Trinajstić information content (AvgIpc) is 2.61. The van der Waals surface area contributed by atoms with Crippen molar-refractivity contribution in [3.8, 4) is 5.75 Å². The largest absolute Gasteiger partial charge is 0.493 e. The molecule has 0 atom stereocenters. The molecule has 2 heteroatoms. The molecule has 0 saturated carbocycles. The lowest BCUT2D eigenvalue weighted by Gasteiger charge is -2.19. The molecular weight excluding hydrogens is 176 g/mol. The lowest BCUT2D eigenvalue weighted by atomic mass is 9.96. The Morgan fingerprint density at radius 1 is 1.14 bits per heavy atom. The van der Waals surface area contributed by atoms with Gasteiger partial charge in [-0.15, -0.1) is 0 Å². The zero-order valence-electron chi connectivity index (χ0n) is 8.01. The summed E-state index contributed by atoms with van der Waals surface area (Å²) in [5, 5.41) is 0. The summed E-state index contributed by atoms with van der Waals surface area (Å²) in [6.07, 6.45) is 3.65. The van der Waals surface area contributed by atoms with Gasteiger partial charge >= 0.3 is 0 Å². The monoisotopic (exact) mass is 188 g/mol. The van der Waals surface area contributed by atoms with Crippen LogP contribution in [0.15, 0.2) is 12.1 Å². The predicted molar refractivity (Wildman–Crippen MR) is 52.9 cm³/mol. The summed E-state index contributed by atoms with van der Waals surface area (Å²) in [6, 6.07) is 4.07. The van der Waals surface area contributed by atoms with E-state index in [1.165, 1.54) is 5.56 Å². The van der Waals surface area contributed by atoms with Crippen molar-refractivity contribution < 1.29 is 9.53 Å². The Hall–Kier alpha value is -1.31. The molecule has 2 aliphatic rings. The maximum Gasteiger partial charge on any atom is 0.163 e. The summed E-state index contributed by atoms with van der Waals surface area (Å²) in [5.74, 6) is 1.24. The molecule has 0 fully saturated rings. The number of carbonyl (C=O) groups excluding carboxylic acids is 1. The lowest BCUT2D eigenvalue weighted by Crippen LogP contribution is -2.12. The number of rotatable bonds is 0. The normalized spacial score (nSPS) is 18.7. The van der Waals surface area contributed by atoms with Crippen molar-refractivity contribution in [1.82, 2.24) is 0 Å². The molecule has 1 heterocycles. The van der Waals surface area contributed by atoms with Crippen molar-refractivity contribution in [2.24, 2.45) is 0 Å². The Morgan fingerprint density at radius 2 is 2.07 bits per heavy atom. The van der Waals surface area contributed by atoms with Crippen LogP contribution in [0.1, 0.15) is 34.3 Å². The Labute approximate surface area is 82.9 Å². The lowest BCUT2D eigenvalue weighted by molar-refractivity contribution is 0.0992. The molecule has 0 amide bonds. The number of carbonyl (C=O) groups is 1. The molecule has 1 aliphatic carbocycles. The van der Waals surface area contributed by atoms with Crippen molar-refractivity contribution in [1.29, 1.82) is 0 Å². The molecule has 0 unspecified atom stereocenters. The zero-order chi connectivity index (χ0) is 9.54. The maximum absolute atomic E-state index is 11.7. The molecule has 72 valence electrons. The summed E-state index contributed by atoms with van der Waals surface area (Å²) in [6.45, 7) is 0.792. The van der Waals surface area contributed by atoms with Gasteiger partial charge in [-0.05, 0) is 30.9 Å². The van der Waals surface area contributed by atoms with Crippen LogP contribution in [-0.4, -0.2) is 12.4 Å². The van der Waals surface area contributed by atoms with Crippen LogP contribution in [-0.2, 0) is 12.8 Å². The summed E-state index contributed by atoms with van der Waals surface area (Å²) in [7, 11) is 0. The molecule has 3 rings (SSSR count). The third-order valence-corrected chi connectivity index (χ3v) is 3.09. The summed E-state index contributed by atoms with van der Waals surface area (Å²) >= 11 is 0. The Morgan fingerprint density at radius 3 is 3.00 bits per heavy atom. The van der Waals surface area contributed by atoms with E-state index in [0.29, 0.717) is 12.2 Å². The minimum absolute atomic E-state index is 0.308. The minimum atomic E-state index is 0.308. The van der Waals surface area contributed by atoms with Crippen LogP contribution in [0.25, 0.3) is 0 Å². The minimum Gasteiger partial charge on any atom is -0.493 e. The maximum atomic E-state index is 11.7. The topological polar surface area (TPSA) is 26.3 Å². The van der Waals surface area contributed by atoms with Crippen LogP contribution < -0.4 is 4.74 Å². The van der Waals surface area contributed by atoms with Gasteiger partial charge in [-0.25, -0.2) is 0 Å². The highest BCUT2D eigenvalue weighted by Gasteiger charge is 2.26. The van der Waals surface area contributed by atoms with E-state index in [-0.39, 0.29) is 0 Å². The Balaban J connectivity index is 2.23. The van der Waals surface area contributed by atoms with E-state index in [4.69, 9.17) is 4.74 Å². The van der Waals surface area contributed by atoms with Crippen molar-refractivity contribution in [3.05, 3.63) is 28.8 Å². The average molecular weight is 188 g/mol. The molecule has 0 saturated heterocycles. The zero-order valence-corrected chi connectivity index (χ0v) is 8.01. The predicted octanol–water partition coefficient (Wildman–Crippen LogP) is 2.14. The number of ketones is 1. The number of aryl methyl sites for hydroxylation is 1. The van der Waals surface area contributed by atoms with E-state index in [1.807, 2.05) is 12.1 Å². The van der Waals surface area contributed by atoms with Gasteiger partial charge in [0.2, 0.25) is 0 Å². The highest BCUT2D eigenvalue weighted by atomic mass is 16.5. The van der Waals surface area contributed by atoms with Crippen LogP contribution in [0.5, 0.6) is 5.75 Å². The van der Waals surface area contributed by atoms with E-state index in [9.17, 15) is 4.79 Å². The fraction of sp³-hybridized carbons (Fsp3) is 0.417. The second-order valence-corrected chi connectivity index (χ2v) is 3.95. The van der Waals surface area contributed by atoms with Gasteiger partial charge in [0.05, 0.1) is 6.61 Å². The SMILES string of the molecule is O=C1CCc2ccc3c(c21)CCCO3. The first-order valence-corrected chi connectivity index (χ1v) is 5.17. The van der Waals surface area contributed by atoms with Gasteiger partial charge in [0.15, 0.2) is 5.78 Å². The van der Waals surface area contributed by atoms with E-state index >= 15 is 0 Å². The van der Waals surface area contributed by atoms with Crippen molar-refractivity contribution in [3.63, 3.8) is 0 Å². The third-order valence-electron chi connectivity index (χ3n) is 3.09. The van der Waals surface area contributed by atoms with Crippen molar-refractivity contribution >= 4 is 5.78 Å². The molecule has 2 nitrogen and oxygen atoms in total. The molecule has 0 aromatic heterocycles. The molecule has 0 N–H and O–H groups in total. The quantitative estimate of drug-likeness (QED) is 0.623. The van der Waals surface area contributed by atoms with E-state index < -0.39 is 0 Å². The fourth-order valence-electron chi connectivity index (χ4n) is 2.42. The molecule has 0 radical (unpaired) electrons. The molecule has 0 spiro atoms. The fourth-order valence-corrected chi connectivity index (χ4v) is 2.42. The van der Waals surface area contributed by atoms with E-state index in [0.717, 1.165) is 42.7 Å². The molecule has 1 aliphatic heterocycles. The molecule has 1 aromatic rings. The third kappa shape index (κ3) is 0.999. The molecule has 14 heavy (non-hydrogen) atoms. The van der Waals surface area contributed by atoms with Crippen LogP contribution >= 0.6 is 0 Å². The number of ether oxygens (including phenoxy) is 1. The van der Waals surface area contributed by atoms with Gasteiger partial charge in [-0.2, -0.15) is 0 Å². The summed E-state index contributed by atoms with van der Waals surface area (Å²) in [4.78, 5) is 11.7. The smallest absolute Gasteiger partial charge is 0.163 e. The molecular formula is C12H12O2. The van der Waals surface area contributed by atoms with Crippen LogP contribution in [0.2, 0.25) is 0 Å². The van der Waals surface area contributed by atoms with E-state index in [2.05, 4.69) is 0 Å². The summed E-state index contributed by atoms with van der Waals surface area (Å²) < 4.78 is 5.54. The van der Waals surface area contributed by atoms with Crippen molar-refractivity contribution in [2.45, 2.75) is 25.7 Å². The van der Waals surface area contributed by atoms with Crippen LogP contribution in [0.3, 0.4) is 0 Å². The first-order valence-electron chi connectivity index (χ1n) is 5.17. The van der Waals surface area contributed by atoms with Crippen molar-refractivity contribution in [2.75, 3.05) is 6.61 Å². The number of hydrogen-bond donors (Lipinski definition) is 0. The van der Waals surface area contributed by atoms with Crippen LogP contribution in [0.4, 0.5) is 0 Å². The second-order valence-electron chi connectivity index (χ2n) is 3.95. The first-order chi connectivity index (χ1) is 6.86. The Kier molecular flexibility index (Phi) is 1.63. The highest BCUT2D eigenvalue weighted by Crippen LogP contribution is 2.34. The molecule has 0 bridgehead atoms. The highest BCUT2D eigenvalue weighted by molar-refractivity contribution is 6.02. The van der Waals surface area contributed by atoms with E-state index in [1.54, 1.807) is 0 Å².